The van der Waals surface area contributed by atoms with Crippen molar-refractivity contribution in [3.05, 3.63) is 81.4 Å². The number of amides is 1. The number of nitrogens with one attached hydrogen (secondary N) is 1. The topological polar surface area (TPSA) is 84.2 Å². The van der Waals surface area contributed by atoms with Gasteiger partial charge in [0, 0.05) is 5.56 Å². The van der Waals surface area contributed by atoms with Crippen molar-refractivity contribution in [2.24, 2.45) is 0 Å². The molecular formula is C22H19F4N3O3. The smallest absolute Gasteiger partial charge is 0.382 e. The maximum absolute atomic E-state index is 13.7. The molecule has 0 fully saturated rings. The van der Waals surface area contributed by atoms with E-state index in [1.807, 2.05) is 25.2 Å². The summed E-state index contributed by atoms with van der Waals surface area (Å²) >= 11 is 0. The second kappa shape index (κ2) is 8.91. The van der Waals surface area contributed by atoms with Gasteiger partial charge in [-0.2, -0.15) is 23.0 Å². The van der Waals surface area contributed by atoms with Gasteiger partial charge in [0.25, 0.3) is 11.5 Å². The van der Waals surface area contributed by atoms with E-state index < -0.39 is 41.7 Å². The molecule has 0 saturated heterocycles. The number of carbonyl (C=O) groups excluding carboxylic acids is 1. The third-order valence-corrected chi connectivity index (χ3v) is 4.85. The molecule has 3 aromatic rings. The highest BCUT2D eigenvalue weighted by Gasteiger charge is 2.38. The summed E-state index contributed by atoms with van der Waals surface area (Å²) in [6.45, 7) is 2.61. The van der Waals surface area contributed by atoms with Gasteiger partial charge in [0.1, 0.15) is 11.4 Å². The van der Waals surface area contributed by atoms with E-state index in [2.05, 4.69) is 5.10 Å². The van der Waals surface area contributed by atoms with Gasteiger partial charge in [-0.1, -0.05) is 18.2 Å². The van der Waals surface area contributed by atoms with Crippen LogP contribution in [0.4, 0.5) is 17.6 Å². The first-order chi connectivity index (χ1) is 15.0. The number of hydrogen-bond acceptors (Lipinski definition) is 4. The molecule has 1 atom stereocenters. The lowest BCUT2D eigenvalue weighted by Crippen LogP contribution is -2.42. The van der Waals surface area contributed by atoms with Crippen molar-refractivity contribution in [1.82, 2.24) is 15.1 Å². The summed E-state index contributed by atoms with van der Waals surface area (Å²) in [4.78, 5) is 25.4. The van der Waals surface area contributed by atoms with Crippen LogP contribution in [0.2, 0.25) is 0 Å². The van der Waals surface area contributed by atoms with E-state index >= 15 is 0 Å². The fourth-order valence-electron chi connectivity index (χ4n) is 2.88. The van der Waals surface area contributed by atoms with Crippen LogP contribution >= 0.6 is 0 Å². The number of aryl methyl sites for hydroxylation is 2. The Bertz CT molecular complexity index is 1220. The summed E-state index contributed by atoms with van der Waals surface area (Å²) in [6, 6.07) is 11.4. The highest BCUT2D eigenvalue weighted by molar-refractivity contribution is 5.94. The van der Waals surface area contributed by atoms with Gasteiger partial charge < -0.3 is 10.4 Å². The van der Waals surface area contributed by atoms with E-state index in [1.54, 1.807) is 12.1 Å². The summed E-state index contributed by atoms with van der Waals surface area (Å²) < 4.78 is 52.2. The van der Waals surface area contributed by atoms with Gasteiger partial charge in [0.2, 0.25) is 0 Å². The van der Waals surface area contributed by atoms with Crippen molar-refractivity contribution in [3.8, 4) is 16.9 Å². The van der Waals surface area contributed by atoms with Crippen LogP contribution in [0.1, 0.15) is 21.5 Å². The number of aliphatic hydroxyl groups is 1. The first-order valence-corrected chi connectivity index (χ1v) is 9.48. The second-order valence-electron chi connectivity index (χ2n) is 7.21. The second-order valence-corrected chi connectivity index (χ2v) is 7.21. The average molecular weight is 449 g/mol. The van der Waals surface area contributed by atoms with Crippen molar-refractivity contribution in [2.75, 3.05) is 6.54 Å². The fourth-order valence-corrected chi connectivity index (χ4v) is 2.88. The third kappa shape index (κ3) is 5.02. The Morgan fingerprint density at radius 1 is 1.12 bits per heavy atom. The van der Waals surface area contributed by atoms with Crippen molar-refractivity contribution >= 4 is 5.91 Å². The molecule has 10 heteroatoms. The molecule has 2 aromatic carbocycles. The number of benzene rings is 2. The first-order valence-electron chi connectivity index (χ1n) is 9.48. The molecule has 1 heterocycles. The number of aliphatic hydroxyl groups excluding tert-OH is 1. The molecule has 0 aliphatic carbocycles. The maximum atomic E-state index is 13.7. The van der Waals surface area contributed by atoms with Crippen LogP contribution in [0, 0.1) is 19.7 Å². The molecule has 0 saturated carbocycles. The molecule has 1 amide bonds. The van der Waals surface area contributed by atoms with E-state index in [-0.39, 0.29) is 11.4 Å². The van der Waals surface area contributed by atoms with Crippen LogP contribution in [0.15, 0.2) is 53.3 Å². The minimum Gasteiger partial charge on any atom is -0.382 e. The molecule has 168 valence electrons. The Kier molecular flexibility index (Phi) is 6.45. The van der Waals surface area contributed by atoms with E-state index in [1.165, 1.54) is 12.1 Å². The predicted octanol–water partition coefficient (Wildman–Crippen LogP) is 3.31. The lowest BCUT2D eigenvalue weighted by atomic mass is 10.0. The van der Waals surface area contributed by atoms with E-state index in [0.29, 0.717) is 5.56 Å². The molecule has 3 rings (SSSR count). The Labute approximate surface area is 180 Å². The zero-order chi connectivity index (χ0) is 23.6. The third-order valence-electron chi connectivity index (χ3n) is 4.85. The normalized spacial score (nSPS) is 12.5. The van der Waals surface area contributed by atoms with Crippen LogP contribution in [-0.2, 0) is 0 Å². The molecule has 6 nitrogen and oxygen atoms in total. The first kappa shape index (κ1) is 23.1. The molecule has 0 spiro atoms. The number of hydrogen-bond donors (Lipinski definition) is 2. The van der Waals surface area contributed by atoms with Crippen LogP contribution in [-0.4, -0.2) is 39.6 Å². The molecule has 0 aliphatic rings. The standard InChI is InChI=1S/C22H19F4N3O3/c1-12-6-7-14(8-13(12)2)18-10-17(20(31)27-11-19(30)22(24,25)26)21(32)29(28-18)16-5-3-4-15(23)9-16/h3-10,19,30H,11H2,1-2H3,(H,27,31). The molecule has 0 aliphatic heterocycles. The highest BCUT2D eigenvalue weighted by Crippen LogP contribution is 2.22. The molecule has 1 unspecified atom stereocenters. The van der Waals surface area contributed by atoms with Gasteiger partial charge in [0.05, 0.1) is 17.9 Å². The summed E-state index contributed by atoms with van der Waals surface area (Å²) in [5, 5.41) is 15.3. The molecule has 32 heavy (non-hydrogen) atoms. The van der Waals surface area contributed by atoms with Crippen molar-refractivity contribution in [3.63, 3.8) is 0 Å². The monoisotopic (exact) mass is 449 g/mol. The zero-order valence-corrected chi connectivity index (χ0v) is 17.1. The minimum absolute atomic E-state index is 0.0325. The Morgan fingerprint density at radius 3 is 2.47 bits per heavy atom. The van der Waals surface area contributed by atoms with Crippen molar-refractivity contribution in [1.29, 1.82) is 0 Å². The molecule has 1 aromatic heterocycles. The van der Waals surface area contributed by atoms with Crippen LogP contribution < -0.4 is 10.9 Å². The number of nitrogens with zero attached hydrogens (tertiary/aromatic N) is 2. The van der Waals surface area contributed by atoms with E-state index in [9.17, 15) is 27.2 Å². The Morgan fingerprint density at radius 2 is 1.84 bits per heavy atom. The van der Waals surface area contributed by atoms with Crippen LogP contribution in [0.3, 0.4) is 0 Å². The summed E-state index contributed by atoms with van der Waals surface area (Å²) in [6.07, 6.45) is -7.73. The van der Waals surface area contributed by atoms with Gasteiger partial charge >= 0.3 is 6.18 Å². The number of halogens is 4. The minimum atomic E-state index is -4.93. The maximum Gasteiger partial charge on any atom is 0.416 e. The van der Waals surface area contributed by atoms with Crippen molar-refractivity contribution in [2.45, 2.75) is 26.1 Å². The van der Waals surface area contributed by atoms with Gasteiger partial charge in [-0.15, -0.1) is 0 Å². The predicted molar refractivity (Wildman–Crippen MR) is 109 cm³/mol. The quantitative estimate of drug-likeness (QED) is 0.586. The Hall–Kier alpha value is -3.53. The number of alkyl halides is 3. The Balaban J connectivity index is 2.11. The molecule has 2 N–H and O–H groups in total. The zero-order valence-electron chi connectivity index (χ0n) is 17.1. The largest absolute Gasteiger partial charge is 0.416 e. The van der Waals surface area contributed by atoms with Crippen LogP contribution in [0.5, 0.6) is 0 Å². The molecular weight excluding hydrogens is 430 g/mol. The number of carbonyl (C=O) groups is 1. The summed E-state index contributed by atoms with van der Waals surface area (Å²) in [5.74, 6) is -1.77. The average Bonchev–Trinajstić information content (AvgIpc) is 2.73. The molecule has 0 bridgehead atoms. The highest BCUT2D eigenvalue weighted by atomic mass is 19.4. The summed E-state index contributed by atoms with van der Waals surface area (Å²) in [5.41, 5.74) is 1.19. The van der Waals surface area contributed by atoms with E-state index in [0.717, 1.165) is 34.0 Å². The summed E-state index contributed by atoms with van der Waals surface area (Å²) in [7, 11) is 0. The SMILES string of the molecule is Cc1ccc(-c2cc(C(=O)NCC(O)C(F)(F)F)c(=O)n(-c3cccc(F)c3)n2)cc1C. The van der Waals surface area contributed by atoms with Gasteiger partial charge in [-0.25, -0.2) is 4.39 Å². The number of aromatic nitrogens is 2. The van der Waals surface area contributed by atoms with Crippen molar-refractivity contribution < 1.29 is 27.5 Å². The lowest BCUT2D eigenvalue weighted by molar-refractivity contribution is -0.201. The molecule has 0 radical (unpaired) electrons. The van der Waals surface area contributed by atoms with Gasteiger partial charge in [-0.3, -0.25) is 9.59 Å². The fraction of sp³-hybridized carbons (Fsp3) is 0.227. The van der Waals surface area contributed by atoms with E-state index in [4.69, 9.17) is 5.11 Å². The lowest BCUT2D eigenvalue weighted by Gasteiger charge is -2.16. The van der Waals surface area contributed by atoms with Crippen LogP contribution in [0.25, 0.3) is 16.9 Å². The number of rotatable bonds is 5. The van der Waals surface area contributed by atoms with Gasteiger partial charge in [-0.05, 0) is 55.3 Å². The van der Waals surface area contributed by atoms with Gasteiger partial charge in [0.15, 0.2) is 6.10 Å².